The summed E-state index contributed by atoms with van der Waals surface area (Å²) in [5, 5.41) is 21.4. The Labute approximate surface area is 190 Å². The van der Waals surface area contributed by atoms with Gasteiger partial charge >= 0.3 is 18.5 Å². The number of rotatable bonds is 5. The second-order valence-electron chi connectivity index (χ2n) is 5.43. The van der Waals surface area contributed by atoms with E-state index >= 15 is 0 Å². The number of para-hydroxylation sites is 1. The maximum atomic E-state index is 12.5. The van der Waals surface area contributed by atoms with Gasteiger partial charge in [0.2, 0.25) is 0 Å². The van der Waals surface area contributed by atoms with Crippen LogP contribution in [-0.2, 0) is 27.2 Å². The fourth-order valence-electron chi connectivity index (χ4n) is 2.26. The first-order chi connectivity index (χ1) is 13.6. The van der Waals surface area contributed by atoms with Crippen LogP contribution in [0.3, 0.4) is 0 Å². The molecule has 0 unspecified atom stereocenters. The molecular formula is C16H8Cl2MnN4O6S. The zero-order chi connectivity index (χ0) is 21.3. The van der Waals surface area contributed by atoms with Gasteiger partial charge in [0.15, 0.2) is 0 Å². The van der Waals surface area contributed by atoms with Crippen molar-refractivity contribution in [2.24, 2.45) is 10.2 Å². The van der Waals surface area contributed by atoms with Crippen LogP contribution in [-0.4, -0.2) is 23.6 Å². The Bertz CT molecular complexity index is 1310. The molecule has 0 atom stereocenters. The zero-order valence-electron chi connectivity index (χ0n) is 15.3. The Hall–Kier alpha value is -2.47. The van der Waals surface area contributed by atoms with E-state index in [4.69, 9.17) is 23.2 Å². The zero-order valence-corrected chi connectivity index (χ0v) is 17.8. The summed E-state index contributed by atoms with van der Waals surface area (Å²) in [6.07, 6.45) is 0. The molecule has 0 fully saturated rings. The van der Waals surface area contributed by atoms with Crippen LogP contribution >= 0.6 is 23.2 Å². The molecule has 1 aromatic heterocycles. The predicted molar refractivity (Wildman–Crippen MR) is 99.4 cm³/mol. The Balaban J connectivity index is 0.00000240. The van der Waals surface area contributed by atoms with Crippen molar-refractivity contribution in [3.05, 3.63) is 68.6 Å². The smallest absolute Gasteiger partial charge is 0.744 e. The monoisotopic (exact) mass is 509 g/mol. The number of carboxylic acids is 1. The predicted octanol–water partition coefficient (Wildman–Crippen LogP) is 1.89. The number of azo groups is 1. The van der Waals surface area contributed by atoms with E-state index in [0.29, 0.717) is 0 Å². The standard InChI is InChI=1S/C16H10Cl2N4O6S.Mn/c17-9-7-12(29(26,27)28)10(18)6-11(9)19-20-13-14(16(24)25)21-22(15(13)23)8-4-2-1-3-5-8;/h1-7H,(H3,19,21,23,24,25,26,27,28);/q;+2/p-2. The van der Waals surface area contributed by atoms with E-state index < -0.39 is 42.9 Å². The van der Waals surface area contributed by atoms with E-state index in [1.54, 1.807) is 18.2 Å². The van der Waals surface area contributed by atoms with Crippen LogP contribution in [0.2, 0.25) is 10.0 Å². The summed E-state index contributed by atoms with van der Waals surface area (Å²) < 4.78 is 34.2. The molecule has 3 rings (SSSR count). The van der Waals surface area contributed by atoms with Gasteiger partial charge in [-0.1, -0.05) is 47.1 Å². The first kappa shape index (κ1) is 23.8. The minimum atomic E-state index is -4.88. The minimum absolute atomic E-state index is 0. The third-order valence-electron chi connectivity index (χ3n) is 3.54. The summed E-state index contributed by atoms with van der Waals surface area (Å²) in [5.74, 6) is -1.76. The van der Waals surface area contributed by atoms with Crippen LogP contribution in [0, 0.1) is 0 Å². The van der Waals surface area contributed by atoms with Crippen molar-refractivity contribution < 1.29 is 41.4 Å². The summed E-state index contributed by atoms with van der Waals surface area (Å²) in [6, 6.07) is 9.66. The summed E-state index contributed by atoms with van der Waals surface area (Å²) in [6.45, 7) is 0. The van der Waals surface area contributed by atoms with Gasteiger partial charge in [0.1, 0.15) is 21.5 Å². The number of carbonyl (C=O) groups excluding carboxylic acids is 1. The Morgan fingerprint density at radius 2 is 1.73 bits per heavy atom. The molecule has 1 heterocycles. The number of aromatic carboxylic acids is 1. The largest absolute Gasteiger partial charge is 2.00 e. The van der Waals surface area contributed by atoms with Crippen LogP contribution in [0.4, 0.5) is 11.4 Å². The molecule has 0 aliphatic rings. The fourth-order valence-corrected chi connectivity index (χ4v) is 3.52. The summed E-state index contributed by atoms with van der Waals surface area (Å²) in [7, 11) is -4.88. The molecule has 0 N–H and O–H groups in total. The molecule has 0 spiro atoms. The second-order valence-corrected chi connectivity index (χ2v) is 7.59. The Morgan fingerprint density at radius 3 is 2.30 bits per heavy atom. The number of hydrogen-bond acceptors (Lipinski definition) is 8. The summed E-state index contributed by atoms with van der Waals surface area (Å²) in [4.78, 5) is 23.1. The Kier molecular flexibility index (Phi) is 7.24. The van der Waals surface area contributed by atoms with Crippen molar-refractivity contribution in [3.8, 4) is 5.69 Å². The molecular weight excluding hydrogens is 502 g/mol. The second kappa shape index (κ2) is 9.13. The van der Waals surface area contributed by atoms with E-state index in [0.717, 1.165) is 16.8 Å². The number of aromatic nitrogens is 2. The van der Waals surface area contributed by atoms with Gasteiger partial charge in [-0.3, -0.25) is 4.79 Å². The number of benzene rings is 2. The molecule has 0 aliphatic heterocycles. The number of nitrogens with zero attached hydrogens (tertiary/aromatic N) is 4. The molecule has 0 saturated heterocycles. The average molecular weight is 510 g/mol. The van der Waals surface area contributed by atoms with Gasteiger partial charge in [0, 0.05) is 5.69 Å². The molecule has 30 heavy (non-hydrogen) atoms. The molecule has 3 aromatic rings. The van der Waals surface area contributed by atoms with Gasteiger partial charge in [0.05, 0.1) is 20.9 Å². The van der Waals surface area contributed by atoms with Crippen LogP contribution in [0.5, 0.6) is 0 Å². The van der Waals surface area contributed by atoms with E-state index in [1.165, 1.54) is 12.1 Å². The van der Waals surface area contributed by atoms with Crippen LogP contribution in [0.1, 0.15) is 11.9 Å². The molecule has 0 saturated carbocycles. The Morgan fingerprint density at radius 1 is 1.10 bits per heavy atom. The molecule has 14 heteroatoms. The van der Waals surface area contributed by atoms with Gasteiger partial charge < -0.3 is 24.2 Å². The number of hydrogen-bond donors (Lipinski definition) is 0. The van der Waals surface area contributed by atoms with Crippen molar-refractivity contribution in [2.75, 3.05) is 0 Å². The molecule has 10 nitrogen and oxygen atoms in total. The topological polar surface area (TPSA) is 158 Å². The quantitative estimate of drug-likeness (QED) is 0.288. The minimum Gasteiger partial charge on any atom is -0.744 e. The van der Waals surface area contributed by atoms with Gasteiger partial charge in [0.25, 0.3) is 5.56 Å². The van der Waals surface area contributed by atoms with Gasteiger partial charge in [-0.2, -0.15) is 0 Å². The molecule has 2 aromatic carbocycles. The van der Waals surface area contributed by atoms with E-state index in [-0.39, 0.29) is 34.9 Å². The van der Waals surface area contributed by atoms with Crippen molar-refractivity contribution in [3.63, 3.8) is 0 Å². The molecule has 0 amide bonds. The van der Waals surface area contributed by atoms with Crippen molar-refractivity contribution in [1.82, 2.24) is 9.78 Å². The van der Waals surface area contributed by atoms with Gasteiger partial charge in [-0.15, -0.1) is 10.2 Å². The van der Waals surface area contributed by atoms with Crippen molar-refractivity contribution >= 4 is 50.7 Å². The average Bonchev–Trinajstić information content (AvgIpc) is 2.98. The van der Waals surface area contributed by atoms with Gasteiger partial charge in [-0.25, -0.2) is 8.42 Å². The van der Waals surface area contributed by atoms with E-state index in [2.05, 4.69) is 15.3 Å². The van der Waals surface area contributed by atoms with Crippen LogP contribution < -0.4 is 15.8 Å². The van der Waals surface area contributed by atoms with Crippen molar-refractivity contribution in [1.29, 1.82) is 0 Å². The fraction of sp³-hybridized carbons (Fsp3) is 0. The first-order valence-electron chi connectivity index (χ1n) is 7.53. The third-order valence-corrected chi connectivity index (χ3v) is 5.15. The van der Waals surface area contributed by atoms with Crippen molar-refractivity contribution in [2.45, 2.75) is 4.90 Å². The maximum Gasteiger partial charge on any atom is 2.00 e. The van der Waals surface area contributed by atoms with Gasteiger partial charge in [-0.05, 0) is 24.3 Å². The molecule has 0 aliphatic carbocycles. The van der Waals surface area contributed by atoms with Crippen LogP contribution in [0.25, 0.3) is 5.69 Å². The SMILES string of the molecule is O=C([O-])c1[n-]n(-c2ccccc2)c(=O)c1N=Nc1cc(Cl)c(S(=O)(=O)[O-])cc1Cl.[H+].[Mn+2]. The summed E-state index contributed by atoms with van der Waals surface area (Å²) >= 11 is 11.6. The molecule has 155 valence electrons. The summed E-state index contributed by atoms with van der Waals surface area (Å²) in [5.41, 5.74) is -2.21. The number of carboxylic acid groups (broad SMARTS) is 1. The maximum absolute atomic E-state index is 12.5. The van der Waals surface area contributed by atoms with Crippen LogP contribution in [0.15, 0.2) is 62.4 Å². The third kappa shape index (κ3) is 4.81. The van der Waals surface area contributed by atoms with E-state index in [9.17, 15) is 27.7 Å². The number of halogens is 2. The molecule has 0 bridgehead atoms. The number of carbonyl (C=O) groups is 1. The first-order valence-corrected chi connectivity index (χ1v) is 9.69. The normalized spacial score (nSPS) is 11.4. The molecule has 1 radical (unpaired) electrons. The van der Waals surface area contributed by atoms with E-state index in [1.807, 2.05) is 0 Å².